The van der Waals surface area contributed by atoms with Gasteiger partial charge in [-0.05, 0) is 29.8 Å². The molecule has 8 heteroatoms. The number of anilines is 1. The Morgan fingerprint density at radius 1 is 1.05 bits per heavy atom. The lowest BCUT2D eigenvalue weighted by Gasteiger charge is -2.08. The molecule has 2 rings (SSSR count). The second kappa shape index (κ2) is 6.18. The second-order valence-electron chi connectivity index (χ2n) is 3.98. The molecule has 1 aromatic heterocycles. The third-order valence-corrected chi connectivity index (χ3v) is 4.56. The van der Waals surface area contributed by atoms with Gasteiger partial charge in [-0.15, -0.1) is 0 Å². The van der Waals surface area contributed by atoms with Gasteiger partial charge in [0.25, 0.3) is 0 Å². The molecule has 106 valence electrons. The number of benzene rings is 1. The smallest absolute Gasteiger partial charge is 0.236 e. The molecule has 0 bridgehead atoms. The Labute approximate surface area is 131 Å². The molecule has 0 fully saturated rings. The fraction of sp³-hybridized carbons (Fsp3) is 0.0833. The summed E-state index contributed by atoms with van der Waals surface area (Å²) in [6.07, 6.45) is 1.34. The van der Waals surface area contributed by atoms with Crippen LogP contribution in [0.2, 0.25) is 15.2 Å². The van der Waals surface area contributed by atoms with Crippen molar-refractivity contribution in [1.82, 2.24) is 4.98 Å². The van der Waals surface area contributed by atoms with E-state index in [1.807, 2.05) is 0 Å². The summed E-state index contributed by atoms with van der Waals surface area (Å²) in [5.41, 5.74) is 0.878. The van der Waals surface area contributed by atoms with E-state index < -0.39 is 10.0 Å². The molecule has 1 N–H and O–H groups in total. The van der Waals surface area contributed by atoms with Gasteiger partial charge in [0.2, 0.25) is 10.0 Å². The van der Waals surface area contributed by atoms with Crippen molar-refractivity contribution in [1.29, 1.82) is 0 Å². The molecular weight excluding hydrogens is 343 g/mol. The third-order valence-electron chi connectivity index (χ3n) is 2.34. The van der Waals surface area contributed by atoms with E-state index in [2.05, 4.69) is 9.71 Å². The van der Waals surface area contributed by atoms with E-state index in [9.17, 15) is 8.42 Å². The summed E-state index contributed by atoms with van der Waals surface area (Å²) in [6.45, 7) is 0. The van der Waals surface area contributed by atoms with Crippen LogP contribution in [0.1, 0.15) is 5.56 Å². The molecule has 1 heterocycles. The molecule has 0 aliphatic carbocycles. The van der Waals surface area contributed by atoms with Crippen molar-refractivity contribution < 1.29 is 8.42 Å². The Hall–Kier alpha value is -1.01. The van der Waals surface area contributed by atoms with Gasteiger partial charge in [0.15, 0.2) is 0 Å². The average molecular weight is 352 g/mol. The van der Waals surface area contributed by atoms with Crippen LogP contribution in [0, 0.1) is 0 Å². The summed E-state index contributed by atoms with van der Waals surface area (Å²) < 4.78 is 26.4. The Balaban J connectivity index is 2.14. The van der Waals surface area contributed by atoms with Crippen molar-refractivity contribution in [3.05, 3.63) is 57.3 Å². The van der Waals surface area contributed by atoms with Crippen molar-refractivity contribution in [2.75, 3.05) is 4.72 Å². The van der Waals surface area contributed by atoms with E-state index in [-0.39, 0.29) is 10.9 Å². The van der Waals surface area contributed by atoms with Gasteiger partial charge in [0.05, 0.1) is 27.7 Å². The van der Waals surface area contributed by atoms with Crippen molar-refractivity contribution in [2.45, 2.75) is 5.75 Å². The minimum atomic E-state index is -3.56. The Bertz CT molecular complexity index is 718. The molecule has 0 saturated heterocycles. The number of pyridine rings is 1. The summed E-state index contributed by atoms with van der Waals surface area (Å²) in [5, 5.41) is 0.979. The summed E-state index contributed by atoms with van der Waals surface area (Å²) in [7, 11) is -3.56. The highest BCUT2D eigenvalue weighted by molar-refractivity contribution is 7.91. The Morgan fingerprint density at radius 3 is 2.40 bits per heavy atom. The number of rotatable bonds is 4. The lowest BCUT2D eigenvalue weighted by atomic mass is 10.2. The largest absolute Gasteiger partial charge is 0.282 e. The fourth-order valence-electron chi connectivity index (χ4n) is 1.50. The maximum absolute atomic E-state index is 12.0. The average Bonchev–Trinajstić information content (AvgIpc) is 2.36. The van der Waals surface area contributed by atoms with Crippen molar-refractivity contribution in [3.8, 4) is 0 Å². The van der Waals surface area contributed by atoms with Gasteiger partial charge in [0.1, 0.15) is 5.15 Å². The molecule has 4 nitrogen and oxygen atoms in total. The molecule has 0 spiro atoms. The van der Waals surface area contributed by atoms with Crippen molar-refractivity contribution >= 4 is 50.5 Å². The standard InChI is InChI=1S/C12H9Cl3N2O2S/c13-10-3-1-8(5-11(10)14)7-20(18,19)17-9-2-4-12(15)16-6-9/h1-6,17H,7H2. The summed E-state index contributed by atoms with van der Waals surface area (Å²) in [4.78, 5) is 3.80. The monoisotopic (exact) mass is 350 g/mol. The van der Waals surface area contributed by atoms with Gasteiger partial charge in [-0.3, -0.25) is 4.72 Å². The highest BCUT2D eigenvalue weighted by Crippen LogP contribution is 2.24. The van der Waals surface area contributed by atoms with Crippen LogP contribution < -0.4 is 4.72 Å². The predicted octanol–water partition coefficient (Wildman–Crippen LogP) is 3.98. The van der Waals surface area contributed by atoms with E-state index in [1.54, 1.807) is 12.1 Å². The summed E-state index contributed by atoms with van der Waals surface area (Å²) in [6, 6.07) is 7.70. The number of hydrogen-bond donors (Lipinski definition) is 1. The van der Waals surface area contributed by atoms with Crippen LogP contribution >= 0.6 is 34.8 Å². The molecule has 0 radical (unpaired) electrons. The van der Waals surface area contributed by atoms with Crippen molar-refractivity contribution in [2.24, 2.45) is 0 Å². The SMILES string of the molecule is O=S(=O)(Cc1ccc(Cl)c(Cl)c1)Nc1ccc(Cl)nc1. The van der Waals surface area contributed by atoms with Crippen LogP contribution in [0.15, 0.2) is 36.5 Å². The maximum atomic E-state index is 12.0. The summed E-state index contributed by atoms with van der Waals surface area (Å²) in [5.74, 6) is -0.216. The molecule has 0 aliphatic heterocycles. The molecule has 0 unspecified atom stereocenters. The van der Waals surface area contributed by atoms with E-state index in [4.69, 9.17) is 34.8 Å². The number of nitrogens with zero attached hydrogens (tertiary/aromatic N) is 1. The van der Waals surface area contributed by atoms with Crippen LogP contribution in [0.3, 0.4) is 0 Å². The number of sulfonamides is 1. The molecule has 20 heavy (non-hydrogen) atoms. The number of aromatic nitrogens is 1. The molecule has 2 aromatic rings. The van der Waals surface area contributed by atoms with E-state index in [0.717, 1.165) is 0 Å². The van der Waals surface area contributed by atoms with Crippen LogP contribution in [0.4, 0.5) is 5.69 Å². The predicted molar refractivity (Wildman–Crippen MR) is 82.0 cm³/mol. The minimum Gasteiger partial charge on any atom is -0.282 e. The number of hydrogen-bond acceptors (Lipinski definition) is 3. The third kappa shape index (κ3) is 4.24. The fourth-order valence-corrected chi connectivity index (χ4v) is 3.10. The normalized spacial score (nSPS) is 11.3. The first-order valence-electron chi connectivity index (χ1n) is 5.42. The van der Waals surface area contributed by atoms with Gasteiger partial charge < -0.3 is 0 Å². The quantitative estimate of drug-likeness (QED) is 0.847. The Kier molecular flexibility index (Phi) is 4.75. The van der Waals surface area contributed by atoms with Crippen LogP contribution in [-0.2, 0) is 15.8 Å². The molecule has 1 aromatic carbocycles. The molecule has 0 aliphatic rings. The van der Waals surface area contributed by atoms with Gasteiger partial charge in [-0.25, -0.2) is 13.4 Å². The topological polar surface area (TPSA) is 59.1 Å². The molecule has 0 saturated carbocycles. The number of nitrogens with one attached hydrogen (secondary N) is 1. The van der Waals surface area contributed by atoms with E-state index in [1.165, 1.54) is 24.4 Å². The lowest BCUT2D eigenvalue weighted by Crippen LogP contribution is -2.15. The van der Waals surface area contributed by atoms with Crippen LogP contribution in [-0.4, -0.2) is 13.4 Å². The first-order chi connectivity index (χ1) is 9.35. The van der Waals surface area contributed by atoms with Crippen molar-refractivity contribution in [3.63, 3.8) is 0 Å². The first-order valence-corrected chi connectivity index (χ1v) is 8.20. The van der Waals surface area contributed by atoms with Crippen LogP contribution in [0.5, 0.6) is 0 Å². The van der Waals surface area contributed by atoms with Gasteiger partial charge >= 0.3 is 0 Å². The molecule has 0 amide bonds. The van der Waals surface area contributed by atoms with Gasteiger partial charge in [-0.2, -0.15) is 0 Å². The first kappa shape index (κ1) is 15.4. The van der Waals surface area contributed by atoms with Gasteiger partial charge in [-0.1, -0.05) is 40.9 Å². The molecular formula is C12H9Cl3N2O2S. The van der Waals surface area contributed by atoms with E-state index >= 15 is 0 Å². The zero-order chi connectivity index (χ0) is 14.8. The zero-order valence-corrected chi connectivity index (χ0v) is 13.1. The lowest BCUT2D eigenvalue weighted by molar-refractivity contribution is 0.600. The number of halogens is 3. The Morgan fingerprint density at radius 2 is 1.80 bits per heavy atom. The van der Waals surface area contributed by atoms with E-state index in [0.29, 0.717) is 21.3 Å². The zero-order valence-electron chi connectivity index (χ0n) is 9.98. The van der Waals surface area contributed by atoms with Gasteiger partial charge in [0, 0.05) is 0 Å². The summed E-state index contributed by atoms with van der Waals surface area (Å²) >= 11 is 17.3. The highest BCUT2D eigenvalue weighted by atomic mass is 35.5. The minimum absolute atomic E-state index is 0.216. The maximum Gasteiger partial charge on any atom is 0.236 e. The van der Waals surface area contributed by atoms with Crippen LogP contribution in [0.25, 0.3) is 0 Å². The second-order valence-corrected chi connectivity index (χ2v) is 6.90. The molecule has 0 atom stereocenters. The highest BCUT2D eigenvalue weighted by Gasteiger charge is 2.13.